The van der Waals surface area contributed by atoms with Crippen LogP contribution in [-0.4, -0.2) is 37.3 Å². The van der Waals surface area contributed by atoms with Gasteiger partial charge in [0.2, 0.25) is 5.91 Å². The van der Waals surface area contributed by atoms with E-state index in [1.165, 1.54) is 5.56 Å². The lowest BCUT2D eigenvalue weighted by atomic mass is 9.92. The number of likely N-dealkylation sites (tertiary alicyclic amines) is 1. The molecule has 120 valence electrons. The van der Waals surface area contributed by atoms with Crippen LogP contribution in [0.3, 0.4) is 0 Å². The fourth-order valence-corrected chi connectivity index (χ4v) is 5.08. The van der Waals surface area contributed by atoms with Crippen LogP contribution in [-0.2, 0) is 14.6 Å². The number of sulfone groups is 1. The molecule has 0 N–H and O–H groups in total. The van der Waals surface area contributed by atoms with Crippen molar-refractivity contribution in [2.24, 2.45) is 5.92 Å². The van der Waals surface area contributed by atoms with Crippen molar-refractivity contribution < 1.29 is 13.2 Å². The first-order valence-corrected chi connectivity index (χ1v) is 9.95. The molecule has 3 rings (SSSR count). The molecular formula is C17H23NO3S. The van der Waals surface area contributed by atoms with Gasteiger partial charge in [-0.2, -0.15) is 0 Å². The van der Waals surface area contributed by atoms with Gasteiger partial charge >= 0.3 is 0 Å². The topological polar surface area (TPSA) is 54.5 Å². The number of carbonyl (C=O) groups excluding carboxylic acids is 1. The minimum atomic E-state index is -2.92. The molecule has 1 amide bonds. The number of carbonyl (C=O) groups is 1. The fourth-order valence-electron chi connectivity index (χ4n) is 3.59. The van der Waals surface area contributed by atoms with Gasteiger partial charge in [-0.15, -0.1) is 0 Å². The summed E-state index contributed by atoms with van der Waals surface area (Å²) < 4.78 is 23.1. The highest BCUT2D eigenvalue weighted by Gasteiger charge is 2.35. The van der Waals surface area contributed by atoms with Crippen molar-refractivity contribution in [1.29, 1.82) is 0 Å². The average molecular weight is 321 g/mol. The summed E-state index contributed by atoms with van der Waals surface area (Å²) in [4.78, 5) is 14.9. The highest BCUT2D eigenvalue weighted by molar-refractivity contribution is 7.91. The number of rotatable bonds is 2. The highest BCUT2D eigenvalue weighted by atomic mass is 32.2. The second kappa shape index (κ2) is 6.41. The molecule has 1 aromatic carbocycles. The second-order valence-corrected chi connectivity index (χ2v) is 8.68. The minimum absolute atomic E-state index is 0.118. The van der Waals surface area contributed by atoms with E-state index in [0.717, 1.165) is 25.8 Å². The fraction of sp³-hybridized carbons (Fsp3) is 0.588. The minimum Gasteiger partial charge on any atom is -0.335 e. The van der Waals surface area contributed by atoms with Gasteiger partial charge in [-0.3, -0.25) is 4.79 Å². The number of piperidine rings is 1. The molecule has 2 aliphatic rings. The maximum absolute atomic E-state index is 12.9. The first-order valence-electron chi connectivity index (χ1n) is 8.13. The Bertz CT molecular complexity index is 613. The summed E-state index contributed by atoms with van der Waals surface area (Å²) in [6, 6.07) is 10.3. The van der Waals surface area contributed by atoms with Gasteiger partial charge < -0.3 is 4.90 Å². The third-order valence-electron chi connectivity index (χ3n) is 4.87. The summed E-state index contributed by atoms with van der Waals surface area (Å²) in [7, 11) is -2.92. The van der Waals surface area contributed by atoms with Crippen LogP contribution in [0.15, 0.2) is 30.3 Å². The third-order valence-corrected chi connectivity index (χ3v) is 6.59. The standard InChI is InChI=1S/C17H23NO3S/c19-17(15-9-12-22(20,21)13-10-15)18-11-5-4-8-16(18)14-6-2-1-3-7-14/h1-3,6-7,15-16H,4-5,8-13H2. The highest BCUT2D eigenvalue weighted by Crippen LogP contribution is 2.33. The first kappa shape index (κ1) is 15.5. The van der Waals surface area contributed by atoms with Gasteiger partial charge in [0.25, 0.3) is 0 Å². The van der Waals surface area contributed by atoms with E-state index in [1.54, 1.807) is 0 Å². The maximum Gasteiger partial charge on any atom is 0.226 e. The number of hydrogen-bond acceptors (Lipinski definition) is 3. The summed E-state index contributed by atoms with van der Waals surface area (Å²) in [5.74, 6) is 0.358. The second-order valence-electron chi connectivity index (χ2n) is 6.38. The van der Waals surface area contributed by atoms with E-state index in [1.807, 2.05) is 23.1 Å². The molecule has 0 aromatic heterocycles. The van der Waals surface area contributed by atoms with E-state index in [2.05, 4.69) is 12.1 Å². The molecule has 2 heterocycles. The largest absolute Gasteiger partial charge is 0.335 e. The quantitative estimate of drug-likeness (QED) is 0.841. The molecule has 0 aliphatic carbocycles. The van der Waals surface area contributed by atoms with Crippen LogP contribution >= 0.6 is 0 Å². The Kier molecular flexibility index (Phi) is 4.52. The number of benzene rings is 1. The molecule has 2 saturated heterocycles. The van der Waals surface area contributed by atoms with Gasteiger partial charge in [0.05, 0.1) is 17.5 Å². The van der Waals surface area contributed by atoms with Crippen LogP contribution in [0.2, 0.25) is 0 Å². The summed E-state index contributed by atoms with van der Waals surface area (Å²) in [6.45, 7) is 0.793. The predicted octanol–water partition coefficient (Wildman–Crippen LogP) is 2.57. The van der Waals surface area contributed by atoms with Gasteiger partial charge in [0.15, 0.2) is 0 Å². The number of amides is 1. The summed E-state index contributed by atoms with van der Waals surface area (Å²) in [6.07, 6.45) is 4.15. The van der Waals surface area contributed by atoms with Crippen molar-refractivity contribution in [1.82, 2.24) is 4.90 Å². The Morgan fingerprint density at radius 1 is 1.00 bits per heavy atom. The SMILES string of the molecule is O=C(C1CCS(=O)(=O)CC1)N1CCCCC1c1ccccc1. The molecular weight excluding hydrogens is 298 g/mol. The lowest BCUT2D eigenvalue weighted by Gasteiger charge is -2.39. The van der Waals surface area contributed by atoms with Gasteiger partial charge in [-0.25, -0.2) is 8.42 Å². The summed E-state index contributed by atoms with van der Waals surface area (Å²) in [5, 5.41) is 0. The van der Waals surface area contributed by atoms with E-state index in [-0.39, 0.29) is 29.4 Å². The van der Waals surface area contributed by atoms with Gasteiger partial charge in [-0.05, 0) is 37.7 Å². The monoisotopic (exact) mass is 321 g/mol. The molecule has 0 bridgehead atoms. The zero-order valence-corrected chi connectivity index (χ0v) is 13.6. The lowest BCUT2D eigenvalue weighted by molar-refractivity contribution is -0.139. The molecule has 4 nitrogen and oxygen atoms in total. The number of hydrogen-bond donors (Lipinski definition) is 0. The van der Waals surface area contributed by atoms with E-state index in [0.29, 0.717) is 12.8 Å². The Morgan fingerprint density at radius 3 is 2.36 bits per heavy atom. The van der Waals surface area contributed by atoms with E-state index < -0.39 is 9.84 Å². The van der Waals surface area contributed by atoms with Crippen LogP contribution in [0.5, 0.6) is 0 Å². The molecule has 1 aromatic rings. The van der Waals surface area contributed by atoms with E-state index >= 15 is 0 Å². The predicted molar refractivity (Wildman–Crippen MR) is 86.1 cm³/mol. The van der Waals surface area contributed by atoms with Crippen molar-refractivity contribution in [2.75, 3.05) is 18.1 Å². The van der Waals surface area contributed by atoms with Crippen LogP contribution < -0.4 is 0 Å². The van der Waals surface area contributed by atoms with Crippen LogP contribution in [0.4, 0.5) is 0 Å². The van der Waals surface area contributed by atoms with Crippen molar-refractivity contribution >= 4 is 15.7 Å². The first-order chi connectivity index (χ1) is 10.6. The zero-order chi connectivity index (χ0) is 15.6. The summed E-state index contributed by atoms with van der Waals surface area (Å²) in [5.41, 5.74) is 1.19. The van der Waals surface area contributed by atoms with Gasteiger partial charge in [0.1, 0.15) is 9.84 Å². The van der Waals surface area contributed by atoms with Gasteiger partial charge in [0, 0.05) is 12.5 Å². The molecule has 5 heteroatoms. The average Bonchev–Trinajstić information content (AvgIpc) is 2.55. The molecule has 0 saturated carbocycles. The maximum atomic E-state index is 12.9. The number of nitrogens with zero attached hydrogens (tertiary/aromatic N) is 1. The van der Waals surface area contributed by atoms with Crippen molar-refractivity contribution in [2.45, 2.75) is 38.1 Å². The molecule has 22 heavy (non-hydrogen) atoms. The summed E-state index contributed by atoms with van der Waals surface area (Å²) >= 11 is 0. The third kappa shape index (κ3) is 3.35. The molecule has 1 unspecified atom stereocenters. The molecule has 2 aliphatic heterocycles. The van der Waals surface area contributed by atoms with Crippen molar-refractivity contribution in [3.05, 3.63) is 35.9 Å². The Hall–Kier alpha value is -1.36. The zero-order valence-electron chi connectivity index (χ0n) is 12.8. The molecule has 0 spiro atoms. The smallest absolute Gasteiger partial charge is 0.226 e. The normalized spacial score (nSPS) is 25.8. The van der Waals surface area contributed by atoms with Crippen LogP contribution in [0.1, 0.15) is 43.7 Å². The molecule has 0 radical (unpaired) electrons. The van der Waals surface area contributed by atoms with E-state index in [4.69, 9.17) is 0 Å². The van der Waals surface area contributed by atoms with Crippen LogP contribution in [0.25, 0.3) is 0 Å². The Morgan fingerprint density at radius 2 is 1.68 bits per heavy atom. The Labute approximate surface area is 132 Å². The van der Waals surface area contributed by atoms with Crippen molar-refractivity contribution in [3.63, 3.8) is 0 Å². The van der Waals surface area contributed by atoms with E-state index in [9.17, 15) is 13.2 Å². The lowest BCUT2D eigenvalue weighted by Crippen LogP contribution is -2.44. The van der Waals surface area contributed by atoms with Crippen molar-refractivity contribution in [3.8, 4) is 0 Å². The van der Waals surface area contributed by atoms with Gasteiger partial charge in [-0.1, -0.05) is 30.3 Å². The molecule has 1 atom stereocenters. The van der Waals surface area contributed by atoms with Crippen LogP contribution in [0, 0.1) is 5.92 Å². The molecule has 2 fully saturated rings. The Balaban J connectivity index is 1.75.